The fourth-order valence-corrected chi connectivity index (χ4v) is 3.58. The summed E-state index contributed by atoms with van der Waals surface area (Å²) >= 11 is 0. The number of hydrogen-bond acceptors (Lipinski definition) is 2. The molecule has 0 fully saturated rings. The zero-order valence-electron chi connectivity index (χ0n) is 16.1. The van der Waals surface area contributed by atoms with Crippen molar-refractivity contribution in [1.29, 1.82) is 0 Å². The van der Waals surface area contributed by atoms with Gasteiger partial charge < -0.3 is 10.6 Å². The molecule has 0 amide bonds. The number of rotatable bonds is 7. The first-order valence-electron chi connectivity index (χ1n) is 8.93. The van der Waals surface area contributed by atoms with Gasteiger partial charge in [0, 0.05) is 26.2 Å². The molecule has 0 aromatic heterocycles. The largest absolute Gasteiger partial charge is 0.311 e. The SMILES string of the molecule is Cc1cc(C)c(CNCCNCc2c(C)cc(C)cc2C)c(C)c1. The van der Waals surface area contributed by atoms with E-state index in [1.54, 1.807) is 0 Å². The van der Waals surface area contributed by atoms with E-state index in [2.05, 4.69) is 76.4 Å². The Balaban J connectivity index is 1.77. The maximum Gasteiger partial charge on any atom is 0.0211 e. The molecule has 0 saturated carbocycles. The smallest absolute Gasteiger partial charge is 0.0211 e. The Hall–Kier alpha value is -1.64. The minimum absolute atomic E-state index is 0.947. The van der Waals surface area contributed by atoms with Gasteiger partial charge in [-0.25, -0.2) is 0 Å². The molecule has 0 bridgehead atoms. The van der Waals surface area contributed by atoms with Gasteiger partial charge in [0.25, 0.3) is 0 Å². The summed E-state index contributed by atoms with van der Waals surface area (Å²) < 4.78 is 0. The van der Waals surface area contributed by atoms with Crippen molar-refractivity contribution in [3.8, 4) is 0 Å². The lowest BCUT2D eigenvalue weighted by molar-refractivity contribution is 0.607. The van der Waals surface area contributed by atoms with Crippen LogP contribution in [0.1, 0.15) is 44.5 Å². The average molecular weight is 325 g/mol. The Morgan fingerprint density at radius 3 is 1.12 bits per heavy atom. The summed E-state index contributed by atoms with van der Waals surface area (Å²) in [6, 6.07) is 9.08. The van der Waals surface area contributed by atoms with Gasteiger partial charge in [-0.2, -0.15) is 0 Å². The lowest BCUT2D eigenvalue weighted by atomic mass is 10.00. The van der Waals surface area contributed by atoms with Gasteiger partial charge >= 0.3 is 0 Å². The van der Waals surface area contributed by atoms with Crippen LogP contribution in [0.25, 0.3) is 0 Å². The van der Waals surface area contributed by atoms with Gasteiger partial charge in [-0.1, -0.05) is 35.4 Å². The lowest BCUT2D eigenvalue weighted by Crippen LogP contribution is -2.27. The highest BCUT2D eigenvalue weighted by atomic mass is 14.9. The van der Waals surface area contributed by atoms with Gasteiger partial charge in [-0.15, -0.1) is 0 Å². The van der Waals surface area contributed by atoms with Crippen molar-refractivity contribution in [2.75, 3.05) is 13.1 Å². The quantitative estimate of drug-likeness (QED) is 0.737. The third-order valence-electron chi connectivity index (χ3n) is 4.76. The molecule has 0 aliphatic rings. The minimum atomic E-state index is 0.947. The molecule has 0 heterocycles. The molecule has 0 unspecified atom stereocenters. The topological polar surface area (TPSA) is 24.1 Å². The average Bonchev–Trinajstić information content (AvgIpc) is 2.46. The Kier molecular flexibility index (Phi) is 6.59. The Morgan fingerprint density at radius 1 is 0.542 bits per heavy atom. The molecule has 130 valence electrons. The van der Waals surface area contributed by atoms with Crippen LogP contribution in [0.2, 0.25) is 0 Å². The van der Waals surface area contributed by atoms with Crippen LogP contribution < -0.4 is 10.6 Å². The standard InChI is InChI=1S/C22H32N2/c1-15-9-17(3)21(18(4)10-15)13-23-7-8-24-14-22-19(5)11-16(2)12-20(22)6/h9-12,23-24H,7-8,13-14H2,1-6H3. The van der Waals surface area contributed by atoms with Crippen molar-refractivity contribution in [2.24, 2.45) is 0 Å². The Morgan fingerprint density at radius 2 is 0.833 bits per heavy atom. The maximum absolute atomic E-state index is 3.56. The molecule has 0 aliphatic heterocycles. The van der Waals surface area contributed by atoms with Crippen molar-refractivity contribution in [1.82, 2.24) is 10.6 Å². The van der Waals surface area contributed by atoms with Crippen LogP contribution in [-0.2, 0) is 13.1 Å². The van der Waals surface area contributed by atoms with Crippen molar-refractivity contribution in [2.45, 2.75) is 54.6 Å². The van der Waals surface area contributed by atoms with E-state index in [0.29, 0.717) is 0 Å². The van der Waals surface area contributed by atoms with E-state index in [-0.39, 0.29) is 0 Å². The molecular weight excluding hydrogens is 292 g/mol. The van der Waals surface area contributed by atoms with Crippen LogP contribution in [0.5, 0.6) is 0 Å². The van der Waals surface area contributed by atoms with E-state index in [4.69, 9.17) is 0 Å². The van der Waals surface area contributed by atoms with Crippen LogP contribution in [0.4, 0.5) is 0 Å². The molecule has 2 nitrogen and oxygen atoms in total. The molecule has 0 radical (unpaired) electrons. The molecule has 24 heavy (non-hydrogen) atoms. The molecular formula is C22H32N2. The van der Waals surface area contributed by atoms with E-state index in [0.717, 1.165) is 26.2 Å². The highest BCUT2D eigenvalue weighted by Gasteiger charge is 2.04. The third kappa shape index (κ3) is 4.93. The summed E-state index contributed by atoms with van der Waals surface area (Å²) in [7, 11) is 0. The van der Waals surface area contributed by atoms with Gasteiger partial charge in [-0.3, -0.25) is 0 Å². The zero-order chi connectivity index (χ0) is 17.7. The first-order chi connectivity index (χ1) is 11.4. The van der Waals surface area contributed by atoms with E-state index in [1.807, 2.05) is 0 Å². The predicted octanol–water partition coefficient (Wildman–Crippen LogP) is 4.42. The van der Waals surface area contributed by atoms with Crippen molar-refractivity contribution >= 4 is 0 Å². The molecule has 0 saturated heterocycles. The fourth-order valence-electron chi connectivity index (χ4n) is 3.58. The van der Waals surface area contributed by atoms with E-state index in [1.165, 1.54) is 44.5 Å². The van der Waals surface area contributed by atoms with Crippen LogP contribution >= 0.6 is 0 Å². The van der Waals surface area contributed by atoms with Crippen LogP contribution in [0.3, 0.4) is 0 Å². The van der Waals surface area contributed by atoms with E-state index in [9.17, 15) is 0 Å². The number of hydrogen-bond donors (Lipinski definition) is 2. The second kappa shape index (κ2) is 8.46. The molecule has 0 atom stereocenters. The summed E-state index contributed by atoms with van der Waals surface area (Å²) in [4.78, 5) is 0. The normalized spacial score (nSPS) is 11.1. The Labute approximate surface area is 147 Å². The molecule has 2 rings (SSSR count). The van der Waals surface area contributed by atoms with Gasteiger partial charge in [0.05, 0.1) is 0 Å². The molecule has 2 N–H and O–H groups in total. The predicted molar refractivity (Wildman–Crippen MR) is 105 cm³/mol. The molecule has 2 heteroatoms. The zero-order valence-corrected chi connectivity index (χ0v) is 16.1. The number of benzene rings is 2. The van der Waals surface area contributed by atoms with E-state index < -0.39 is 0 Å². The second-order valence-corrected chi connectivity index (χ2v) is 7.11. The lowest BCUT2D eigenvalue weighted by Gasteiger charge is -2.14. The summed E-state index contributed by atoms with van der Waals surface area (Å²) in [5.41, 5.74) is 11.1. The minimum Gasteiger partial charge on any atom is -0.311 e. The molecule has 2 aromatic rings. The summed E-state index contributed by atoms with van der Waals surface area (Å²) in [5, 5.41) is 7.13. The summed E-state index contributed by atoms with van der Waals surface area (Å²) in [5.74, 6) is 0. The van der Waals surface area contributed by atoms with Gasteiger partial charge in [0.1, 0.15) is 0 Å². The van der Waals surface area contributed by atoms with Gasteiger partial charge in [-0.05, 0) is 74.9 Å². The highest BCUT2D eigenvalue weighted by Crippen LogP contribution is 2.17. The maximum atomic E-state index is 3.56. The summed E-state index contributed by atoms with van der Waals surface area (Å²) in [6.45, 7) is 17.0. The van der Waals surface area contributed by atoms with Crippen LogP contribution in [-0.4, -0.2) is 13.1 Å². The first kappa shape index (κ1) is 18.7. The van der Waals surface area contributed by atoms with E-state index >= 15 is 0 Å². The Bertz CT molecular complexity index is 594. The third-order valence-corrected chi connectivity index (χ3v) is 4.76. The monoisotopic (exact) mass is 324 g/mol. The molecule has 0 spiro atoms. The van der Waals surface area contributed by atoms with Crippen LogP contribution in [0, 0.1) is 41.5 Å². The highest BCUT2D eigenvalue weighted by molar-refractivity contribution is 5.38. The number of nitrogens with one attached hydrogen (secondary N) is 2. The van der Waals surface area contributed by atoms with Gasteiger partial charge in [0.15, 0.2) is 0 Å². The van der Waals surface area contributed by atoms with Gasteiger partial charge in [0.2, 0.25) is 0 Å². The molecule has 2 aromatic carbocycles. The van der Waals surface area contributed by atoms with Crippen molar-refractivity contribution in [3.63, 3.8) is 0 Å². The van der Waals surface area contributed by atoms with Crippen molar-refractivity contribution < 1.29 is 0 Å². The van der Waals surface area contributed by atoms with Crippen molar-refractivity contribution in [3.05, 3.63) is 68.8 Å². The number of aryl methyl sites for hydroxylation is 6. The van der Waals surface area contributed by atoms with Crippen LogP contribution in [0.15, 0.2) is 24.3 Å². The fraction of sp³-hybridized carbons (Fsp3) is 0.455. The summed E-state index contributed by atoms with van der Waals surface area (Å²) in [6.07, 6.45) is 0. The first-order valence-corrected chi connectivity index (χ1v) is 8.93. The second-order valence-electron chi connectivity index (χ2n) is 7.11. The molecule has 0 aliphatic carbocycles.